The minimum Gasteiger partial charge on any atom is -0.478 e. The van der Waals surface area contributed by atoms with Crippen LogP contribution in [0.25, 0.3) is 0 Å². The second kappa shape index (κ2) is 14.3. The highest BCUT2D eigenvalue weighted by molar-refractivity contribution is 5.94. The molecular weight excluding hydrogens is 486 g/mol. The smallest absolute Gasteiger partial charge is 0.328 e. The SMILES string of the molecule is CCN(CC)C(=O)c1ccc(N(c2ccccc2)[C@H]2C3CCN(CC3)[C@@H]2C)cc1.O.O=C(O)/C=C/C(=O)O. The Morgan fingerprint density at radius 2 is 1.37 bits per heavy atom. The fraction of sp³-hybridized carbons (Fsp3) is 0.414. The summed E-state index contributed by atoms with van der Waals surface area (Å²) in [6, 6.07) is 20.0. The number of carboxylic acids is 2. The number of aliphatic carboxylic acids is 2. The van der Waals surface area contributed by atoms with Crippen LogP contribution in [0.5, 0.6) is 0 Å². The molecule has 2 bridgehead atoms. The molecule has 9 nitrogen and oxygen atoms in total. The van der Waals surface area contributed by atoms with E-state index in [2.05, 4.69) is 59.2 Å². The molecule has 1 amide bonds. The lowest BCUT2D eigenvalue weighted by molar-refractivity contribution is -0.134. The van der Waals surface area contributed by atoms with Crippen LogP contribution in [0, 0.1) is 5.92 Å². The average molecular weight is 526 g/mol. The zero-order valence-corrected chi connectivity index (χ0v) is 22.3. The number of hydrogen-bond acceptors (Lipinski definition) is 5. The molecule has 9 heteroatoms. The minimum absolute atomic E-state index is 0. The van der Waals surface area contributed by atoms with Crippen LogP contribution in [0.1, 0.15) is 44.0 Å². The van der Waals surface area contributed by atoms with E-state index in [1.54, 1.807) is 0 Å². The predicted molar refractivity (Wildman–Crippen MR) is 148 cm³/mol. The third-order valence-electron chi connectivity index (χ3n) is 7.27. The monoisotopic (exact) mass is 525 g/mol. The molecule has 3 saturated heterocycles. The van der Waals surface area contributed by atoms with Gasteiger partial charge < -0.3 is 25.5 Å². The second-order valence-electron chi connectivity index (χ2n) is 9.34. The van der Waals surface area contributed by atoms with Crippen molar-refractivity contribution in [1.82, 2.24) is 9.80 Å². The van der Waals surface area contributed by atoms with Crippen molar-refractivity contribution in [2.45, 2.75) is 45.7 Å². The van der Waals surface area contributed by atoms with Gasteiger partial charge >= 0.3 is 11.9 Å². The van der Waals surface area contributed by atoms with Gasteiger partial charge in [-0.3, -0.25) is 9.69 Å². The van der Waals surface area contributed by atoms with E-state index in [-0.39, 0.29) is 11.4 Å². The van der Waals surface area contributed by atoms with Gasteiger partial charge in [-0.15, -0.1) is 0 Å². The van der Waals surface area contributed by atoms with E-state index in [1.807, 2.05) is 30.9 Å². The molecule has 3 aliphatic heterocycles. The summed E-state index contributed by atoms with van der Waals surface area (Å²) >= 11 is 0. The summed E-state index contributed by atoms with van der Waals surface area (Å²) in [5, 5.41) is 15.6. The number of carboxylic acid groups (broad SMARTS) is 2. The Balaban J connectivity index is 0.000000493. The number of piperidine rings is 3. The highest BCUT2D eigenvalue weighted by atomic mass is 16.4. The molecule has 2 atom stereocenters. The van der Waals surface area contributed by atoms with Gasteiger partial charge in [0.1, 0.15) is 0 Å². The van der Waals surface area contributed by atoms with Crippen LogP contribution in [-0.2, 0) is 9.59 Å². The third-order valence-corrected chi connectivity index (χ3v) is 7.27. The fourth-order valence-corrected chi connectivity index (χ4v) is 5.39. The molecular formula is C29H39N3O6. The van der Waals surface area contributed by atoms with E-state index in [4.69, 9.17) is 10.2 Å². The summed E-state index contributed by atoms with van der Waals surface area (Å²) in [7, 11) is 0. The highest BCUT2D eigenvalue weighted by Crippen LogP contribution is 2.41. The van der Waals surface area contributed by atoms with Crippen molar-refractivity contribution in [1.29, 1.82) is 0 Å². The van der Waals surface area contributed by atoms with Crippen LogP contribution in [-0.4, -0.2) is 81.6 Å². The molecule has 38 heavy (non-hydrogen) atoms. The first-order valence-corrected chi connectivity index (χ1v) is 12.9. The zero-order valence-electron chi connectivity index (χ0n) is 22.3. The van der Waals surface area contributed by atoms with Gasteiger partial charge in [-0.05, 0) is 89.0 Å². The van der Waals surface area contributed by atoms with E-state index in [0.717, 1.165) is 18.7 Å². The molecule has 5 rings (SSSR count). The van der Waals surface area contributed by atoms with Crippen LogP contribution in [0.4, 0.5) is 11.4 Å². The van der Waals surface area contributed by atoms with Crippen LogP contribution in [0.3, 0.4) is 0 Å². The van der Waals surface area contributed by atoms with E-state index in [9.17, 15) is 14.4 Å². The first-order valence-electron chi connectivity index (χ1n) is 12.9. The molecule has 0 aromatic heterocycles. The lowest BCUT2D eigenvalue weighted by Crippen LogP contribution is -2.61. The number of carbonyl (C=O) groups is 3. The molecule has 3 heterocycles. The molecule has 0 radical (unpaired) electrons. The first-order chi connectivity index (χ1) is 17.8. The second-order valence-corrected chi connectivity index (χ2v) is 9.34. The van der Waals surface area contributed by atoms with Crippen molar-refractivity contribution in [3.63, 3.8) is 0 Å². The Kier molecular flexibility index (Phi) is 11.5. The number of fused-ring (bicyclic) bond motifs is 3. The first kappa shape index (κ1) is 30.5. The van der Waals surface area contributed by atoms with Crippen LogP contribution in [0.2, 0.25) is 0 Å². The Hall–Kier alpha value is -3.69. The van der Waals surface area contributed by atoms with E-state index >= 15 is 0 Å². The number of anilines is 2. The van der Waals surface area contributed by atoms with Crippen LogP contribution < -0.4 is 4.90 Å². The number of benzene rings is 2. The predicted octanol–water partition coefficient (Wildman–Crippen LogP) is 3.68. The number of para-hydroxylation sites is 1. The summed E-state index contributed by atoms with van der Waals surface area (Å²) in [5.41, 5.74) is 3.19. The normalized spacial score (nSPS) is 21.6. The molecule has 0 unspecified atom stereocenters. The summed E-state index contributed by atoms with van der Waals surface area (Å²) in [5.74, 6) is -1.68. The molecule has 3 fully saturated rings. The van der Waals surface area contributed by atoms with Crippen LogP contribution in [0.15, 0.2) is 66.7 Å². The minimum atomic E-state index is -1.26. The third kappa shape index (κ3) is 7.43. The molecule has 3 aliphatic rings. The standard InChI is InChI=1S/C25H33N3O.C4H4O4.H2O/c1-4-26(5-2)25(29)21-11-13-23(14-12-21)28(22-9-7-6-8-10-22)24-19(3)27-17-15-20(24)16-18-27;5-3(6)1-2-4(7)8;/h6-14,19-20,24H,4-5,15-18H2,1-3H3;1-2H,(H,5,6)(H,7,8);1H2/b;2-1+;/t19-,24-;;/m1../s1. The van der Waals surface area contributed by atoms with Crippen molar-refractivity contribution in [2.75, 3.05) is 31.1 Å². The summed E-state index contributed by atoms with van der Waals surface area (Å²) < 4.78 is 0. The van der Waals surface area contributed by atoms with Crippen molar-refractivity contribution in [3.05, 3.63) is 72.3 Å². The molecule has 4 N–H and O–H groups in total. The Morgan fingerprint density at radius 1 is 0.868 bits per heavy atom. The summed E-state index contributed by atoms with van der Waals surface area (Å²) in [6.07, 6.45) is 3.67. The molecule has 0 spiro atoms. The van der Waals surface area contributed by atoms with Gasteiger partial charge in [-0.1, -0.05) is 18.2 Å². The van der Waals surface area contributed by atoms with Gasteiger partial charge in [0.25, 0.3) is 5.91 Å². The maximum atomic E-state index is 12.7. The maximum absolute atomic E-state index is 12.7. The van der Waals surface area contributed by atoms with Crippen molar-refractivity contribution in [2.24, 2.45) is 5.92 Å². The summed E-state index contributed by atoms with van der Waals surface area (Å²) in [4.78, 5) is 38.9. The highest BCUT2D eigenvalue weighted by Gasteiger charge is 2.43. The lowest BCUT2D eigenvalue weighted by atomic mass is 9.78. The Labute approximate surface area is 224 Å². The van der Waals surface area contributed by atoms with E-state index < -0.39 is 11.9 Å². The van der Waals surface area contributed by atoms with Gasteiger partial charge in [-0.25, -0.2) is 9.59 Å². The quantitative estimate of drug-likeness (QED) is 0.502. The molecule has 2 aromatic carbocycles. The number of hydrogen-bond donors (Lipinski definition) is 2. The van der Waals surface area contributed by atoms with E-state index in [0.29, 0.717) is 30.2 Å². The van der Waals surface area contributed by atoms with Crippen molar-refractivity contribution >= 4 is 29.2 Å². The van der Waals surface area contributed by atoms with Gasteiger partial charge in [0.15, 0.2) is 0 Å². The fourth-order valence-electron chi connectivity index (χ4n) is 5.39. The molecule has 0 saturated carbocycles. The number of nitrogens with zero attached hydrogens (tertiary/aromatic N) is 3. The summed E-state index contributed by atoms with van der Waals surface area (Å²) in [6.45, 7) is 10.4. The van der Waals surface area contributed by atoms with Gasteiger partial charge in [0.2, 0.25) is 0 Å². The largest absolute Gasteiger partial charge is 0.478 e. The Morgan fingerprint density at radius 3 is 1.82 bits per heavy atom. The number of amides is 1. The topological polar surface area (TPSA) is 133 Å². The van der Waals surface area contributed by atoms with Gasteiger partial charge in [0.05, 0.1) is 6.04 Å². The van der Waals surface area contributed by atoms with Crippen LogP contribution >= 0.6 is 0 Å². The van der Waals surface area contributed by atoms with Crippen molar-refractivity contribution in [3.8, 4) is 0 Å². The van der Waals surface area contributed by atoms with Gasteiger partial charge in [-0.2, -0.15) is 0 Å². The van der Waals surface area contributed by atoms with Crippen molar-refractivity contribution < 1.29 is 30.1 Å². The number of rotatable bonds is 8. The molecule has 2 aromatic rings. The zero-order chi connectivity index (χ0) is 26.9. The Bertz CT molecular complexity index is 1060. The van der Waals surface area contributed by atoms with Gasteiger partial charge in [0, 0.05) is 48.2 Å². The number of carbonyl (C=O) groups excluding carboxylic acids is 1. The maximum Gasteiger partial charge on any atom is 0.328 e. The average Bonchev–Trinajstić information content (AvgIpc) is 2.91. The lowest BCUT2D eigenvalue weighted by Gasteiger charge is -2.54. The molecule has 206 valence electrons. The van der Waals surface area contributed by atoms with E-state index in [1.165, 1.54) is 37.3 Å². The molecule has 0 aliphatic carbocycles.